The van der Waals surface area contributed by atoms with E-state index in [1.807, 2.05) is 6.92 Å². The van der Waals surface area contributed by atoms with Gasteiger partial charge in [0.15, 0.2) is 0 Å². The maximum absolute atomic E-state index is 14.5. The van der Waals surface area contributed by atoms with Gasteiger partial charge in [-0.15, -0.1) is 0 Å². The van der Waals surface area contributed by atoms with Crippen molar-refractivity contribution < 1.29 is 13.5 Å². The lowest BCUT2D eigenvalue weighted by Gasteiger charge is -2.36. The van der Waals surface area contributed by atoms with Crippen LogP contribution >= 0.6 is 0 Å². The van der Waals surface area contributed by atoms with Crippen LogP contribution in [0.2, 0.25) is 0 Å². The third kappa shape index (κ3) is 5.99. The van der Waals surface area contributed by atoms with Crippen LogP contribution in [0.1, 0.15) is 75.0 Å². The predicted octanol–water partition coefficient (Wildman–Crippen LogP) is 8.77. The Kier molecular flexibility index (Phi) is 7.33. The number of hydrogen-bond donors (Lipinski definition) is 0. The van der Waals surface area contributed by atoms with E-state index in [4.69, 9.17) is 4.74 Å². The van der Waals surface area contributed by atoms with Gasteiger partial charge in [0, 0.05) is 0 Å². The molecular weight excluding hydrogens is 402 g/mol. The van der Waals surface area contributed by atoms with Crippen LogP contribution in [-0.2, 0) is 6.11 Å². The van der Waals surface area contributed by atoms with Crippen LogP contribution in [0.15, 0.2) is 54.6 Å². The van der Waals surface area contributed by atoms with Gasteiger partial charge in [0.25, 0.3) is 0 Å². The Bertz CT molecular complexity index is 868. The van der Waals surface area contributed by atoms with Crippen LogP contribution < -0.4 is 4.74 Å². The third-order valence-corrected chi connectivity index (χ3v) is 7.62. The molecule has 0 saturated heterocycles. The van der Waals surface area contributed by atoms with Gasteiger partial charge in [-0.1, -0.05) is 61.7 Å². The van der Waals surface area contributed by atoms with Gasteiger partial charge in [-0.2, -0.15) is 8.78 Å². The minimum absolute atomic E-state index is 0.127. The molecule has 0 aromatic heterocycles. The average molecular weight is 439 g/mol. The zero-order valence-corrected chi connectivity index (χ0v) is 19.4. The fraction of sp³-hybridized carbons (Fsp3) is 0.517. The summed E-state index contributed by atoms with van der Waals surface area (Å²) in [5.41, 5.74) is 1.84. The molecule has 0 N–H and O–H groups in total. The van der Waals surface area contributed by atoms with E-state index in [2.05, 4.69) is 19.1 Å². The Hall–Kier alpha value is -2.16. The Morgan fingerprint density at radius 2 is 1.34 bits per heavy atom. The predicted molar refractivity (Wildman–Crippen MR) is 128 cm³/mol. The van der Waals surface area contributed by atoms with E-state index in [0.29, 0.717) is 5.92 Å². The average Bonchev–Trinajstić information content (AvgIpc) is 2.80. The molecule has 0 amide bonds. The van der Waals surface area contributed by atoms with Gasteiger partial charge in [0.1, 0.15) is 5.75 Å². The Labute approximate surface area is 191 Å². The Balaban J connectivity index is 1.28. The number of halogens is 2. The smallest absolute Gasteiger partial charge is 0.426 e. The van der Waals surface area contributed by atoms with Crippen LogP contribution in [0.3, 0.4) is 0 Å². The van der Waals surface area contributed by atoms with Crippen molar-refractivity contribution in [3.63, 3.8) is 0 Å². The van der Waals surface area contributed by atoms with Gasteiger partial charge in [0.2, 0.25) is 0 Å². The molecule has 0 heterocycles. The minimum Gasteiger partial charge on any atom is -0.429 e. The summed E-state index contributed by atoms with van der Waals surface area (Å²) in [5, 5.41) is 0. The molecule has 4 rings (SSSR count). The first-order chi connectivity index (χ1) is 15.4. The van der Waals surface area contributed by atoms with Gasteiger partial charge in [-0.3, -0.25) is 0 Å². The van der Waals surface area contributed by atoms with E-state index in [1.54, 1.807) is 36.4 Å². The molecule has 2 aromatic carbocycles. The lowest BCUT2D eigenvalue weighted by Crippen LogP contribution is -2.24. The van der Waals surface area contributed by atoms with Crippen molar-refractivity contribution in [1.29, 1.82) is 0 Å². The zero-order chi connectivity index (χ0) is 22.6. The fourth-order valence-electron chi connectivity index (χ4n) is 5.41. The highest BCUT2D eigenvalue weighted by Crippen LogP contribution is 2.41. The zero-order valence-electron chi connectivity index (χ0n) is 19.4. The van der Waals surface area contributed by atoms with E-state index in [-0.39, 0.29) is 11.3 Å². The molecule has 0 aliphatic heterocycles. The molecule has 172 valence electrons. The summed E-state index contributed by atoms with van der Waals surface area (Å²) in [6.45, 7) is 4.31. The summed E-state index contributed by atoms with van der Waals surface area (Å²) in [4.78, 5) is 0. The van der Waals surface area contributed by atoms with Gasteiger partial charge in [-0.05, 0) is 98.9 Å². The molecule has 2 aliphatic carbocycles. The highest BCUT2D eigenvalue weighted by atomic mass is 19.3. The highest BCUT2D eigenvalue weighted by molar-refractivity contribution is 5.50. The third-order valence-electron chi connectivity index (χ3n) is 7.62. The van der Waals surface area contributed by atoms with Crippen LogP contribution in [-0.4, -0.2) is 0 Å². The van der Waals surface area contributed by atoms with Crippen molar-refractivity contribution >= 4 is 6.08 Å². The molecule has 0 unspecified atom stereocenters. The van der Waals surface area contributed by atoms with Crippen molar-refractivity contribution in [3.05, 3.63) is 71.3 Å². The SMILES string of the molecule is Cc1ccc(OC(F)(F)c2ccc(/C=C/C3CCC(C4CCC(C)CC4)CC3)cc2)cc1. The van der Waals surface area contributed by atoms with E-state index in [1.165, 1.54) is 63.5 Å². The Morgan fingerprint density at radius 3 is 1.94 bits per heavy atom. The molecule has 0 atom stereocenters. The number of ether oxygens (including phenoxy) is 1. The van der Waals surface area contributed by atoms with Gasteiger partial charge >= 0.3 is 6.11 Å². The molecule has 2 aliphatic rings. The number of hydrogen-bond acceptors (Lipinski definition) is 1. The lowest BCUT2D eigenvalue weighted by atomic mass is 9.69. The summed E-state index contributed by atoms with van der Waals surface area (Å²) >= 11 is 0. The maximum atomic E-state index is 14.5. The second kappa shape index (κ2) is 10.2. The first-order valence-electron chi connectivity index (χ1n) is 12.3. The summed E-state index contributed by atoms with van der Waals surface area (Å²) in [7, 11) is 0. The monoisotopic (exact) mass is 438 g/mol. The van der Waals surface area contributed by atoms with Crippen LogP contribution in [0.5, 0.6) is 5.75 Å². The van der Waals surface area contributed by atoms with E-state index >= 15 is 0 Å². The Morgan fingerprint density at radius 1 is 0.781 bits per heavy atom. The fourth-order valence-corrected chi connectivity index (χ4v) is 5.41. The van der Waals surface area contributed by atoms with Gasteiger partial charge < -0.3 is 4.74 Å². The molecular formula is C29H36F2O. The minimum atomic E-state index is -3.35. The first-order valence-corrected chi connectivity index (χ1v) is 12.3. The van der Waals surface area contributed by atoms with Gasteiger partial charge in [0.05, 0.1) is 5.56 Å². The second-order valence-corrected chi connectivity index (χ2v) is 10.1. The van der Waals surface area contributed by atoms with Crippen molar-refractivity contribution in [1.82, 2.24) is 0 Å². The number of rotatable bonds is 6. The van der Waals surface area contributed by atoms with Crippen LogP contribution in [0.25, 0.3) is 6.08 Å². The van der Waals surface area contributed by atoms with E-state index < -0.39 is 6.11 Å². The molecule has 2 aromatic rings. The molecule has 2 fully saturated rings. The molecule has 32 heavy (non-hydrogen) atoms. The largest absolute Gasteiger partial charge is 0.429 e. The quantitative estimate of drug-likeness (QED) is 0.438. The maximum Gasteiger partial charge on any atom is 0.426 e. The molecule has 0 radical (unpaired) electrons. The second-order valence-electron chi connectivity index (χ2n) is 10.1. The number of alkyl halides is 2. The van der Waals surface area contributed by atoms with Gasteiger partial charge in [-0.25, -0.2) is 0 Å². The summed E-state index contributed by atoms with van der Waals surface area (Å²) < 4.78 is 34.0. The number of aryl methyl sites for hydroxylation is 1. The summed E-state index contributed by atoms with van der Waals surface area (Å²) in [6.07, 6.45) is 11.9. The molecule has 3 heteroatoms. The topological polar surface area (TPSA) is 9.23 Å². The number of allylic oxidation sites excluding steroid dienone is 1. The standard InChI is InChI=1S/C29H36F2O/c1-21-3-13-25(14-4-21)26-15-9-23(10-16-26)7-8-24-11-17-27(18-12-24)29(30,31)32-28-19-5-22(2)6-20-28/h5-8,11-12,17-21,23,25-26H,3-4,9-10,13-16H2,1-2H3/b8-7+. The molecule has 0 bridgehead atoms. The molecule has 0 spiro atoms. The normalized spacial score (nSPS) is 26.9. The van der Waals surface area contributed by atoms with Crippen molar-refractivity contribution in [2.75, 3.05) is 0 Å². The van der Waals surface area contributed by atoms with Crippen LogP contribution in [0.4, 0.5) is 8.78 Å². The molecule has 1 nitrogen and oxygen atoms in total. The number of benzene rings is 2. The van der Waals surface area contributed by atoms with Crippen molar-refractivity contribution in [3.8, 4) is 5.75 Å². The highest BCUT2D eigenvalue weighted by Gasteiger charge is 2.34. The van der Waals surface area contributed by atoms with E-state index in [9.17, 15) is 8.78 Å². The summed E-state index contributed by atoms with van der Waals surface area (Å²) in [6, 6.07) is 13.1. The molecule has 2 saturated carbocycles. The first kappa shape index (κ1) is 23.0. The summed E-state index contributed by atoms with van der Waals surface area (Å²) in [5.74, 6) is 3.57. The van der Waals surface area contributed by atoms with Crippen LogP contribution in [0, 0.1) is 30.6 Å². The van der Waals surface area contributed by atoms with E-state index in [0.717, 1.165) is 28.9 Å². The van der Waals surface area contributed by atoms with Crippen molar-refractivity contribution in [2.24, 2.45) is 23.7 Å². The van der Waals surface area contributed by atoms with Crippen molar-refractivity contribution in [2.45, 2.75) is 71.3 Å². The lowest BCUT2D eigenvalue weighted by molar-refractivity contribution is -0.185.